The van der Waals surface area contributed by atoms with E-state index in [1.807, 2.05) is 11.8 Å². The molecule has 0 radical (unpaired) electrons. The molecule has 0 saturated carbocycles. The summed E-state index contributed by atoms with van der Waals surface area (Å²) < 4.78 is 0. The van der Waals surface area contributed by atoms with Crippen molar-refractivity contribution in [3.05, 3.63) is 35.9 Å². The molecule has 1 heterocycles. The maximum absolute atomic E-state index is 4.39. The Morgan fingerprint density at radius 1 is 1.40 bits per heavy atom. The van der Waals surface area contributed by atoms with Crippen molar-refractivity contribution in [3.63, 3.8) is 0 Å². The monoisotopic (exact) mass is 220 g/mol. The van der Waals surface area contributed by atoms with Crippen molar-refractivity contribution in [2.45, 2.75) is 19.4 Å². The van der Waals surface area contributed by atoms with E-state index < -0.39 is 0 Å². The Labute approximate surface area is 95.2 Å². The zero-order valence-electron chi connectivity index (χ0n) is 8.94. The smallest absolute Gasteiger partial charge is 0.156 e. The van der Waals surface area contributed by atoms with E-state index in [-0.39, 0.29) is 0 Å². The molecule has 1 N–H and O–H groups in total. The first-order valence-electron chi connectivity index (χ1n) is 5.32. The normalized spacial score (nSPS) is 17.3. The summed E-state index contributed by atoms with van der Waals surface area (Å²) in [6, 6.07) is 11.0. The predicted octanol–water partition coefficient (Wildman–Crippen LogP) is 2.31. The highest BCUT2D eigenvalue weighted by Crippen LogP contribution is 2.11. The van der Waals surface area contributed by atoms with Crippen molar-refractivity contribution < 1.29 is 0 Å². The molecule has 0 amide bonds. The van der Waals surface area contributed by atoms with Gasteiger partial charge in [0.2, 0.25) is 0 Å². The Balaban J connectivity index is 1.84. The third-order valence-electron chi connectivity index (χ3n) is 2.34. The zero-order valence-corrected chi connectivity index (χ0v) is 9.76. The highest BCUT2D eigenvalue weighted by Gasteiger charge is 2.10. The number of thioether (sulfide) groups is 1. The quantitative estimate of drug-likeness (QED) is 0.845. The second-order valence-corrected chi connectivity index (χ2v) is 4.85. The first-order chi connectivity index (χ1) is 7.34. The van der Waals surface area contributed by atoms with Gasteiger partial charge in [0.05, 0.1) is 6.54 Å². The van der Waals surface area contributed by atoms with Gasteiger partial charge in [0, 0.05) is 11.8 Å². The summed E-state index contributed by atoms with van der Waals surface area (Å²) in [5.41, 5.74) is 1.38. The van der Waals surface area contributed by atoms with Crippen LogP contribution < -0.4 is 5.32 Å². The fraction of sp³-hybridized carbons (Fsp3) is 0.417. The molecule has 1 aromatic rings. The van der Waals surface area contributed by atoms with E-state index in [2.05, 4.69) is 47.6 Å². The number of aliphatic imine (C=N–C) groups is 1. The van der Waals surface area contributed by atoms with Gasteiger partial charge < -0.3 is 5.32 Å². The molecule has 1 aromatic carbocycles. The minimum atomic E-state index is 0.455. The molecule has 2 rings (SSSR count). The van der Waals surface area contributed by atoms with Gasteiger partial charge >= 0.3 is 0 Å². The van der Waals surface area contributed by atoms with Crippen LogP contribution in [0.5, 0.6) is 0 Å². The van der Waals surface area contributed by atoms with Crippen LogP contribution in [0.1, 0.15) is 12.5 Å². The van der Waals surface area contributed by atoms with Crippen LogP contribution >= 0.6 is 11.8 Å². The van der Waals surface area contributed by atoms with Crippen molar-refractivity contribution in [3.8, 4) is 0 Å². The molecule has 0 fully saturated rings. The number of nitrogens with zero attached hydrogens (tertiary/aromatic N) is 1. The Morgan fingerprint density at radius 2 is 2.20 bits per heavy atom. The predicted molar refractivity (Wildman–Crippen MR) is 67.5 cm³/mol. The van der Waals surface area contributed by atoms with Crippen LogP contribution in [-0.4, -0.2) is 23.5 Å². The Morgan fingerprint density at radius 3 is 2.87 bits per heavy atom. The lowest BCUT2D eigenvalue weighted by molar-refractivity contribution is 0.665. The molecular formula is C12H16N2S. The summed E-state index contributed by atoms with van der Waals surface area (Å²) in [7, 11) is 0. The molecule has 3 heteroatoms. The van der Waals surface area contributed by atoms with Gasteiger partial charge in [0.25, 0.3) is 0 Å². The molecule has 80 valence electrons. The third kappa shape index (κ3) is 3.27. The van der Waals surface area contributed by atoms with Crippen molar-refractivity contribution in [1.29, 1.82) is 0 Å². The topological polar surface area (TPSA) is 24.4 Å². The van der Waals surface area contributed by atoms with Crippen molar-refractivity contribution in [1.82, 2.24) is 5.32 Å². The fourth-order valence-electron chi connectivity index (χ4n) is 1.65. The summed E-state index contributed by atoms with van der Waals surface area (Å²) in [6.45, 7) is 3.17. The lowest BCUT2D eigenvalue weighted by Gasteiger charge is -2.14. The lowest BCUT2D eigenvalue weighted by atomic mass is 10.1. The van der Waals surface area contributed by atoms with Gasteiger partial charge in [0.15, 0.2) is 5.17 Å². The van der Waals surface area contributed by atoms with Crippen LogP contribution in [0.25, 0.3) is 0 Å². The summed E-state index contributed by atoms with van der Waals surface area (Å²) in [6.07, 6.45) is 1.06. The van der Waals surface area contributed by atoms with E-state index in [0.29, 0.717) is 6.04 Å². The minimum absolute atomic E-state index is 0.455. The van der Waals surface area contributed by atoms with Crippen LogP contribution in [0, 0.1) is 0 Å². The second kappa shape index (κ2) is 5.21. The van der Waals surface area contributed by atoms with Crippen molar-refractivity contribution >= 4 is 16.9 Å². The van der Waals surface area contributed by atoms with E-state index in [1.165, 1.54) is 5.56 Å². The highest BCUT2D eigenvalue weighted by molar-refractivity contribution is 8.14. The van der Waals surface area contributed by atoms with Gasteiger partial charge in [0.1, 0.15) is 0 Å². The second-order valence-electron chi connectivity index (χ2n) is 3.77. The van der Waals surface area contributed by atoms with E-state index in [0.717, 1.165) is 23.9 Å². The van der Waals surface area contributed by atoms with Crippen molar-refractivity contribution in [2.75, 3.05) is 12.3 Å². The maximum Gasteiger partial charge on any atom is 0.156 e. The van der Waals surface area contributed by atoms with E-state index in [9.17, 15) is 0 Å². The number of hydrogen-bond donors (Lipinski definition) is 1. The number of rotatable bonds is 3. The average Bonchev–Trinajstić information content (AvgIpc) is 2.71. The molecular weight excluding hydrogens is 204 g/mol. The standard InChI is InChI=1S/C12H16N2S/c1-10(14-12-13-7-8-15-12)9-11-5-3-2-4-6-11/h2-6,10H,7-9H2,1H3,(H,13,14). The molecule has 1 unspecified atom stereocenters. The first-order valence-corrected chi connectivity index (χ1v) is 6.31. The molecule has 0 aliphatic carbocycles. The van der Waals surface area contributed by atoms with Gasteiger partial charge in [-0.1, -0.05) is 42.1 Å². The summed E-state index contributed by atoms with van der Waals surface area (Å²) >= 11 is 1.82. The number of amidine groups is 1. The summed E-state index contributed by atoms with van der Waals surface area (Å²) in [5.74, 6) is 1.13. The van der Waals surface area contributed by atoms with Crippen LogP contribution in [-0.2, 0) is 6.42 Å². The van der Waals surface area contributed by atoms with Gasteiger partial charge in [-0.2, -0.15) is 0 Å². The first kappa shape index (κ1) is 10.6. The van der Waals surface area contributed by atoms with Crippen molar-refractivity contribution in [2.24, 2.45) is 4.99 Å². The summed E-state index contributed by atoms with van der Waals surface area (Å²) in [5, 5.41) is 4.55. The zero-order chi connectivity index (χ0) is 10.5. The van der Waals surface area contributed by atoms with Gasteiger partial charge in [-0.25, -0.2) is 0 Å². The Bertz CT molecular complexity index is 335. The Hall–Kier alpha value is -0.960. The molecule has 15 heavy (non-hydrogen) atoms. The molecule has 0 bridgehead atoms. The van der Waals surface area contributed by atoms with E-state index >= 15 is 0 Å². The van der Waals surface area contributed by atoms with Crippen LogP contribution in [0.2, 0.25) is 0 Å². The fourth-order valence-corrected chi connectivity index (χ4v) is 2.49. The Kier molecular flexibility index (Phi) is 3.67. The largest absolute Gasteiger partial charge is 0.362 e. The summed E-state index contributed by atoms with van der Waals surface area (Å²) in [4.78, 5) is 4.39. The van der Waals surface area contributed by atoms with Crippen LogP contribution in [0.15, 0.2) is 35.3 Å². The molecule has 2 nitrogen and oxygen atoms in total. The number of nitrogens with one attached hydrogen (secondary N) is 1. The van der Waals surface area contributed by atoms with E-state index in [4.69, 9.17) is 0 Å². The van der Waals surface area contributed by atoms with Gasteiger partial charge in [-0.15, -0.1) is 0 Å². The molecule has 1 aliphatic heterocycles. The molecule has 1 atom stereocenters. The lowest BCUT2D eigenvalue weighted by Crippen LogP contribution is -2.31. The maximum atomic E-state index is 4.39. The molecule has 1 aliphatic rings. The molecule has 0 aromatic heterocycles. The highest BCUT2D eigenvalue weighted by atomic mass is 32.2. The number of benzene rings is 1. The average molecular weight is 220 g/mol. The van der Waals surface area contributed by atoms with Gasteiger partial charge in [-0.3, -0.25) is 4.99 Å². The SMILES string of the molecule is CC(Cc1ccccc1)NC1=NCCS1. The molecule has 0 spiro atoms. The van der Waals surface area contributed by atoms with Crippen LogP contribution in [0.3, 0.4) is 0 Å². The minimum Gasteiger partial charge on any atom is -0.362 e. The third-order valence-corrected chi connectivity index (χ3v) is 3.25. The number of hydrogen-bond acceptors (Lipinski definition) is 3. The molecule has 0 saturated heterocycles. The van der Waals surface area contributed by atoms with Gasteiger partial charge in [-0.05, 0) is 18.9 Å². The van der Waals surface area contributed by atoms with Crippen LogP contribution in [0.4, 0.5) is 0 Å². The van der Waals surface area contributed by atoms with E-state index in [1.54, 1.807) is 0 Å².